The summed E-state index contributed by atoms with van der Waals surface area (Å²) in [5.41, 5.74) is 3.39. The van der Waals surface area contributed by atoms with Crippen molar-refractivity contribution in [3.8, 4) is 16.9 Å². The minimum absolute atomic E-state index is 0.0762. The zero-order valence-electron chi connectivity index (χ0n) is 21.4. The molecule has 2 aromatic carbocycles. The van der Waals surface area contributed by atoms with Gasteiger partial charge in [-0.15, -0.1) is 0 Å². The number of hydrogen-bond donors (Lipinski definition) is 1. The lowest BCUT2D eigenvalue weighted by molar-refractivity contribution is -0.0343. The maximum Gasteiger partial charge on any atom is 0.156 e. The Morgan fingerprint density at radius 2 is 2.00 bits per heavy atom. The molecule has 2 atom stereocenters. The molecule has 1 aliphatic rings. The molecule has 4 heterocycles. The summed E-state index contributed by atoms with van der Waals surface area (Å²) in [7, 11) is 3.95. The zero-order valence-corrected chi connectivity index (χ0v) is 21.4. The molecule has 0 spiro atoms. The van der Waals surface area contributed by atoms with E-state index in [4.69, 9.17) is 9.47 Å². The van der Waals surface area contributed by atoms with Gasteiger partial charge in [-0.05, 0) is 55.9 Å². The standard InChI is InChI=1S/C28H28FN7O2/c1-17(24-15-37-10-9-35(24)2)38-25-12-18(19-13-33-36(3)14-19)11-23-26(25)28(32-16-31-23)34-22-7-6-21-20(27(22)29)5-4-8-30-21/h4-8,11-14,16-17,24H,9-10,15H2,1-3H3,(H,31,32,34)/t17-,24-/m1/s1. The Balaban J connectivity index is 1.46. The number of hydrogen-bond acceptors (Lipinski definition) is 8. The van der Waals surface area contributed by atoms with Gasteiger partial charge in [0.2, 0.25) is 0 Å². The summed E-state index contributed by atoms with van der Waals surface area (Å²) in [5, 5.41) is 8.60. The van der Waals surface area contributed by atoms with E-state index in [0.29, 0.717) is 52.3 Å². The summed E-state index contributed by atoms with van der Waals surface area (Å²) in [6, 6.07) is 10.9. The van der Waals surface area contributed by atoms with Gasteiger partial charge in [0, 0.05) is 36.9 Å². The van der Waals surface area contributed by atoms with E-state index in [2.05, 4.69) is 37.3 Å². The minimum Gasteiger partial charge on any atom is -0.488 e. The number of rotatable bonds is 6. The minimum atomic E-state index is -0.397. The lowest BCUT2D eigenvalue weighted by Gasteiger charge is -2.36. The third-order valence-electron chi connectivity index (χ3n) is 7.01. The summed E-state index contributed by atoms with van der Waals surface area (Å²) >= 11 is 0. The highest BCUT2D eigenvalue weighted by atomic mass is 19.1. The number of nitrogens with one attached hydrogen (secondary N) is 1. The molecule has 0 unspecified atom stereocenters. The maximum absolute atomic E-state index is 15.4. The van der Waals surface area contributed by atoms with Crippen LogP contribution in [0, 0.1) is 5.82 Å². The van der Waals surface area contributed by atoms with Crippen LogP contribution in [-0.4, -0.2) is 68.6 Å². The largest absolute Gasteiger partial charge is 0.488 e. The average molecular weight is 514 g/mol. The van der Waals surface area contributed by atoms with Gasteiger partial charge in [0.15, 0.2) is 5.82 Å². The highest BCUT2D eigenvalue weighted by Crippen LogP contribution is 2.38. The molecule has 0 saturated carbocycles. The van der Waals surface area contributed by atoms with Gasteiger partial charge < -0.3 is 14.8 Å². The van der Waals surface area contributed by atoms with E-state index in [-0.39, 0.29) is 12.1 Å². The Hall–Kier alpha value is -4.15. The van der Waals surface area contributed by atoms with Crippen LogP contribution < -0.4 is 10.1 Å². The Morgan fingerprint density at radius 3 is 2.82 bits per heavy atom. The van der Waals surface area contributed by atoms with Crippen molar-refractivity contribution < 1.29 is 13.9 Å². The molecule has 1 fully saturated rings. The predicted octanol–water partition coefficient (Wildman–Crippen LogP) is 4.56. The van der Waals surface area contributed by atoms with Crippen molar-refractivity contribution in [3.05, 3.63) is 67.1 Å². The van der Waals surface area contributed by atoms with Gasteiger partial charge in [0.05, 0.1) is 47.6 Å². The van der Waals surface area contributed by atoms with Gasteiger partial charge in [0.25, 0.3) is 0 Å². The van der Waals surface area contributed by atoms with E-state index >= 15 is 4.39 Å². The van der Waals surface area contributed by atoms with E-state index in [1.807, 2.05) is 32.3 Å². The predicted molar refractivity (Wildman–Crippen MR) is 144 cm³/mol. The number of anilines is 2. The van der Waals surface area contributed by atoms with E-state index in [0.717, 1.165) is 17.7 Å². The van der Waals surface area contributed by atoms with E-state index in [1.54, 1.807) is 41.3 Å². The van der Waals surface area contributed by atoms with E-state index in [1.165, 1.54) is 6.33 Å². The van der Waals surface area contributed by atoms with Crippen LogP contribution >= 0.6 is 0 Å². The number of fused-ring (bicyclic) bond motifs is 2. The monoisotopic (exact) mass is 513 g/mol. The molecule has 3 aromatic heterocycles. The van der Waals surface area contributed by atoms with E-state index in [9.17, 15) is 0 Å². The normalized spacial score (nSPS) is 17.1. The number of halogens is 1. The van der Waals surface area contributed by atoms with E-state index < -0.39 is 5.82 Å². The fourth-order valence-electron chi connectivity index (χ4n) is 4.90. The molecule has 0 radical (unpaired) electrons. The first kappa shape index (κ1) is 24.2. The van der Waals surface area contributed by atoms with Crippen LogP contribution in [0.5, 0.6) is 5.75 Å². The van der Waals surface area contributed by atoms with Crippen LogP contribution in [0.1, 0.15) is 6.92 Å². The third-order valence-corrected chi connectivity index (χ3v) is 7.01. The Morgan fingerprint density at radius 1 is 1.11 bits per heavy atom. The lowest BCUT2D eigenvalue weighted by Crippen LogP contribution is -2.50. The molecule has 194 valence electrons. The van der Waals surface area contributed by atoms with Gasteiger partial charge in [0.1, 0.15) is 24.0 Å². The topological polar surface area (TPSA) is 90.2 Å². The molecule has 6 rings (SSSR count). The second-order valence-corrected chi connectivity index (χ2v) is 9.56. The molecule has 0 aliphatic carbocycles. The molecule has 10 heteroatoms. The SMILES string of the molecule is C[C@@H](Oc1cc(-c2cnn(C)c2)cc2ncnc(Nc3ccc4ncccc4c3F)c12)[C@H]1COCCN1C. The Bertz CT molecular complexity index is 1620. The van der Waals surface area contributed by atoms with Crippen molar-refractivity contribution in [1.82, 2.24) is 29.6 Å². The van der Waals surface area contributed by atoms with Gasteiger partial charge in [-0.2, -0.15) is 5.10 Å². The number of aromatic nitrogens is 5. The molecular formula is C28H28FN7O2. The fourth-order valence-corrected chi connectivity index (χ4v) is 4.90. The Kier molecular flexibility index (Phi) is 6.34. The molecule has 1 saturated heterocycles. The van der Waals surface area contributed by atoms with Crippen molar-refractivity contribution in [2.75, 3.05) is 32.1 Å². The van der Waals surface area contributed by atoms with Crippen molar-refractivity contribution in [2.24, 2.45) is 7.05 Å². The molecule has 1 N–H and O–H groups in total. The summed E-state index contributed by atoms with van der Waals surface area (Å²) in [5.74, 6) is 0.648. The molecule has 1 aliphatic heterocycles. The lowest BCUT2D eigenvalue weighted by atomic mass is 10.0. The number of benzene rings is 2. The number of aryl methyl sites for hydroxylation is 1. The van der Waals surface area contributed by atoms with Crippen LogP contribution in [0.4, 0.5) is 15.9 Å². The number of ether oxygens (including phenoxy) is 2. The van der Waals surface area contributed by atoms with Gasteiger partial charge in [-0.25, -0.2) is 14.4 Å². The smallest absolute Gasteiger partial charge is 0.156 e. The fraction of sp³-hybridized carbons (Fsp3) is 0.286. The number of pyridine rings is 1. The second kappa shape index (κ2) is 9.96. The van der Waals surface area contributed by atoms with Crippen LogP contribution in [0.25, 0.3) is 32.9 Å². The third kappa shape index (κ3) is 4.52. The molecular weight excluding hydrogens is 485 g/mol. The van der Waals surface area contributed by atoms with Gasteiger partial charge >= 0.3 is 0 Å². The number of nitrogens with zero attached hydrogens (tertiary/aromatic N) is 6. The summed E-state index contributed by atoms with van der Waals surface area (Å²) in [6.07, 6.45) is 6.66. The second-order valence-electron chi connectivity index (χ2n) is 9.56. The van der Waals surface area contributed by atoms with Gasteiger partial charge in [-0.1, -0.05) is 0 Å². The molecule has 0 amide bonds. The average Bonchev–Trinajstić information content (AvgIpc) is 3.37. The van der Waals surface area contributed by atoms with Crippen LogP contribution in [0.3, 0.4) is 0 Å². The molecule has 9 nitrogen and oxygen atoms in total. The van der Waals surface area contributed by atoms with Crippen molar-refractivity contribution in [3.63, 3.8) is 0 Å². The number of likely N-dealkylation sites (N-methyl/N-ethyl adjacent to an activating group) is 1. The summed E-state index contributed by atoms with van der Waals surface area (Å²) < 4.78 is 29.5. The summed E-state index contributed by atoms with van der Waals surface area (Å²) in [4.78, 5) is 15.5. The first-order chi connectivity index (χ1) is 18.5. The molecule has 0 bridgehead atoms. The van der Waals surface area contributed by atoms with Crippen molar-refractivity contribution in [1.29, 1.82) is 0 Å². The zero-order chi connectivity index (χ0) is 26.2. The number of morpholine rings is 1. The molecule has 38 heavy (non-hydrogen) atoms. The first-order valence-corrected chi connectivity index (χ1v) is 12.5. The van der Waals surface area contributed by atoms with Crippen LogP contribution in [0.15, 0.2) is 61.3 Å². The van der Waals surface area contributed by atoms with Crippen LogP contribution in [-0.2, 0) is 11.8 Å². The summed E-state index contributed by atoms with van der Waals surface area (Å²) in [6.45, 7) is 4.15. The van der Waals surface area contributed by atoms with Crippen molar-refractivity contribution >= 4 is 33.3 Å². The quantitative estimate of drug-likeness (QED) is 0.354. The molecule has 5 aromatic rings. The maximum atomic E-state index is 15.4. The van der Waals surface area contributed by atoms with Crippen LogP contribution in [0.2, 0.25) is 0 Å². The highest BCUT2D eigenvalue weighted by molar-refractivity contribution is 5.99. The van der Waals surface area contributed by atoms with Crippen molar-refractivity contribution in [2.45, 2.75) is 19.1 Å². The van der Waals surface area contributed by atoms with Gasteiger partial charge in [-0.3, -0.25) is 14.6 Å². The highest BCUT2D eigenvalue weighted by Gasteiger charge is 2.28. The Labute approximate surface area is 219 Å². The first-order valence-electron chi connectivity index (χ1n) is 12.5.